The van der Waals surface area contributed by atoms with Crippen molar-refractivity contribution in [3.05, 3.63) is 105 Å². The summed E-state index contributed by atoms with van der Waals surface area (Å²) in [6, 6.07) is 15.8. The van der Waals surface area contributed by atoms with E-state index in [0.717, 1.165) is 16.8 Å². The minimum atomic E-state index is -0.966. The molecule has 0 spiro atoms. The quantitative estimate of drug-likeness (QED) is 0.346. The van der Waals surface area contributed by atoms with Crippen LogP contribution in [0.4, 0.5) is 0 Å². The predicted molar refractivity (Wildman–Crippen MR) is 113 cm³/mol. The highest BCUT2D eigenvalue weighted by Gasteiger charge is 2.22. The Morgan fingerprint density at radius 3 is 2.61 bits per heavy atom. The summed E-state index contributed by atoms with van der Waals surface area (Å²) >= 11 is 0. The molecule has 3 aromatic rings. The van der Waals surface area contributed by atoms with Crippen LogP contribution in [-0.2, 0) is 11.4 Å². The second-order valence-corrected chi connectivity index (χ2v) is 6.64. The van der Waals surface area contributed by atoms with Gasteiger partial charge in [-0.1, -0.05) is 30.3 Å². The molecule has 0 N–H and O–H groups in total. The molecule has 0 aliphatic heterocycles. The molecule has 1 heterocycles. The van der Waals surface area contributed by atoms with E-state index in [1.807, 2.05) is 18.2 Å². The Kier molecular flexibility index (Phi) is 5.48. The molecule has 1 aliphatic carbocycles. The monoisotopic (exact) mass is 416 g/mol. The van der Waals surface area contributed by atoms with Gasteiger partial charge in [-0.3, -0.25) is 19.7 Å². The molecule has 9 heteroatoms. The number of rotatable bonds is 6. The Morgan fingerprint density at radius 2 is 1.84 bits per heavy atom. The largest absolute Gasteiger partial charge is 0.486 e. The van der Waals surface area contributed by atoms with Gasteiger partial charge in [0.2, 0.25) is 0 Å². The topological polar surface area (TPSA) is 117 Å². The third-order valence-electron chi connectivity index (χ3n) is 4.58. The fourth-order valence-corrected chi connectivity index (χ4v) is 3.02. The van der Waals surface area contributed by atoms with E-state index in [-0.39, 0.29) is 23.9 Å². The third kappa shape index (κ3) is 4.30. The molecule has 1 aromatic heterocycles. The Hall–Kier alpha value is -4.40. The molecule has 9 nitrogen and oxygen atoms in total. The van der Waals surface area contributed by atoms with Gasteiger partial charge in [-0.15, -0.1) is 0 Å². The van der Waals surface area contributed by atoms with Crippen LogP contribution in [-0.4, -0.2) is 26.6 Å². The van der Waals surface area contributed by atoms with Gasteiger partial charge in [0.05, 0.1) is 21.7 Å². The van der Waals surface area contributed by atoms with Gasteiger partial charge in [-0.05, 0) is 30.3 Å². The zero-order valence-corrected chi connectivity index (χ0v) is 16.1. The van der Waals surface area contributed by atoms with Crippen molar-refractivity contribution in [3.8, 4) is 5.75 Å². The first kappa shape index (κ1) is 19.9. The van der Waals surface area contributed by atoms with Crippen molar-refractivity contribution >= 4 is 22.9 Å². The van der Waals surface area contributed by atoms with E-state index >= 15 is 0 Å². The van der Waals surface area contributed by atoms with Gasteiger partial charge in [-0.2, -0.15) is 9.78 Å². The Labute approximate surface area is 175 Å². The number of ether oxygens (including phenoxy) is 1. The second-order valence-electron chi connectivity index (χ2n) is 6.64. The molecule has 0 bridgehead atoms. The number of fused-ring (bicyclic) bond motifs is 1. The maximum atomic E-state index is 13.0. The van der Waals surface area contributed by atoms with Crippen LogP contribution in [0.25, 0.3) is 10.9 Å². The van der Waals surface area contributed by atoms with Crippen molar-refractivity contribution in [1.29, 1.82) is 0 Å². The number of nitro groups is 1. The number of benzene rings is 2. The molecule has 0 radical (unpaired) electrons. The molecule has 1 atom stereocenters. The summed E-state index contributed by atoms with van der Waals surface area (Å²) < 4.78 is 6.77. The number of allylic oxidation sites excluding steroid dienone is 3. The Balaban J connectivity index is 1.73. The first-order chi connectivity index (χ1) is 15.0. The number of carbonyl (C=O) groups is 1. The van der Waals surface area contributed by atoms with Crippen molar-refractivity contribution in [2.24, 2.45) is 11.0 Å². The first-order valence-corrected chi connectivity index (χ1v) is 9.34. The fourth-order valence-electron chi connectivity index (χ4n) is 3.02. The van der Waals surface area contributed by atoms with E-state index in [1.165, 1.54) is 12.3 Å². The lowest BCUT2D eigenvalue weighted by Gasteiger charge is -2.12. The molecule has 1 aliphatic rings. The van der Waals surface area contributed by atoms with Crippen LogP contribution in [0, 0.1) is 16.0 Å². The fraction of sp³-hybridized carbons (Fsp3) is 0.0909. The van der Waals surface area contributed by atoms with E-state index in [4.69, 9.17) is 4.74 Å². The van der Waals surface area contributed by atoms with E-state index in [2.05, 4.69) is 10.1 Å². The average molecular weight is 416 g/mol. The predicted octanol–water partition coefficient (Wildman–Crippen LogP) is 2.73. The SMILES string of the molecule is O=C1C=CC([N+](=O)[O-])=CC1/C=N/n1c(COc2ccccc2)nc2ccccc2c1=O. The number of aromatic nitrogens is 2. The molecule has 0 saturated heterocycles. The molecule has 154 valence electrons. The highest BCUT2D eigenvalue weighted by atomic mass is 16.6. The molecule has 0 amide bonds. The van der Waals surface area contributed by atoms with Gasteiger partial charge in [0.1, 0.15) is 12.4 Å². The van der Waals surface area contributed by atoms with Crippen molar-refractivity contribution in [2.45, 2.75) is 6.61 Å². The van der Waals surface area contributed by atoms with Crippen LogP contribution >= 0.6 is 0 Å². The van der Waals surface area contributed by atoms with Gasteiger partial charge < -0.3 is 4.74 Å². The summed E-state index contributed by atoms with van der Waals surface area (Å²) in [6.45, 7) is -0.0457. The molecular weight excluding hydrogens is 400 g/mol. The number of carbonyl (C=O) groups excluding carboxylic acids is 1. The van der Waals surface area contributed by atoms with Crippen LogP contribution in [0.15, 0.2) is 88.4 Å². The summed E-state index contributed by atoms with van der Waals surface area (Å²) in [7, 11) is 0. The lowest BCUT2D eigenvalue weighted by Crippen LogP contribution is -2.25. The molecule has 0 saturated carbocycles. The van der Waals surface area contributed by atoms with Gasteiger partial charge in [0.15, 0.2) is 11.6 Å². The van der Waals surface area contributed by atoms with Crippen LogP contribution in [0.3, 0.4) is 0 Å². The van der Waals surface area contributed by atoms with Gasteiger partial charge in [-0.25, -0.2) is 4.98 Å². The van der Waals surface area contributed by atoms with Crippen LogP contribution in [0.5, 0.6) is 5.75 Å². The minimum Gasteiger partial charge on any atom is -0.486 e. The molecule has 1 unspecified atom stereocenters. The number of ketones is 1. The lowest BCUT2D eigenvalue weighted by molar-refractivity contribution is -0.419. The van der Waals surface area contributed by atoms with Crippen molar-refractivity contribution < 1.29 is 14.5 Å². The van der Waals surface area contributed by atoms with Crippen molar-refractivity contribution in [3.63, 3.8) is 0 Å². The maximum absolute atomic E-state index is 13.0. The highest BCUT2D eigenvalue weighted by molar-refractivity contribution is 6.04. The number of hydrogen-bond donors (Lipinski definition) is 0. The zero-order chi connectivity index (χ0) is 21.8. The summed E-state index contributed by atoms with van der Waals surface area (Å²) in [5.41, 5.74) is -0.170. The van der Waals surface area contributed by atoms with E-state index in [9.17, 15) is 19.7 Å². The zero-order valence-electron chi connectivity index (χ0n) is 16.1. The smallest absolute Gasteiger partial charge is 0.282 e. The molecule has 31 heavy (non-hydrogen) atoms. The summed E-state index contributed by atoms with van der Waals surface area (Å²) in [4.78, 5) is 40.0. The van der Waals surface area contributed by atoms with E-state index < -0.39 is 16.4 Å². The number of hydrogen-bond acceptors (Lipinski definition) is 7. The second kappa shape index (κ2) is 8.54. The lowest BCUT2D eigenvalue weighted by atomic mass is 9.99. The normalized spacial score (nSPS) is 15.9. The van der Waals surface area contributed by atoms with Gasteiger partial charge >= 0.3 is 0 Å². The third-order valence-corrected chi connectivity index (χ3v) is 4.58. The highest BCUT2D eigenvalue weighted by Crippen LogP contribution is 2.15. The molecule has 4 rings (SSSR count). The molecule has 0 fully saturated rings. The molecular formula is C22H16N4O5. The van der Waals surface area contributed by atoms with Crippen LogP contribution < -0.4 is 10.3 Å². The minimum absolute atomic E-state index is 0.0457. The number of nitrogens with zero attached hydrogens (tertiary/aromatic N) is 4. The van der Waals surface area contributed by atoms with Gasteiger partial charge in [0, 0.05) is 18.4 Å². The van der Waals surface area contributed by atoms with E-state index in [1.54, 1.807) is 36.4 Å². The maximum Gasteiger partial charge on any atom is 0.282 e. The van der Waals surface area contributed by atoms with Crippen LogP contribution in [0.1, 0.15) is 5.82 Å². The standard InChI is InChI=1S/C22H16N4O5/c27-20-11-10-16(26(29)30)12-15(20)13-23-25-21(14-31-17-6-2-1-3-7-17)24-19-9-5-4-8-18(19)22(25)28/h1-13,15H,14H2/b23-13+. The van der Waals surface area contributed by atoms with Crippen LogP contribution in [0.2, 0.25) is 0 Å². The Bertz CT molecular complexity index is 1310. The summed E-state index contributed by atoms with van der Waals surface area (Å²) in [6.07, 6.45) is 4.63. The van der Waals surface area contributed by atoms with Crippen molar-refractivity contribution in [1.82, 2.24) is 9.66 Å². The summed E-state index contributed by atoms with van der Waals surface area (Å²) in [5, 5.41) is 15.5. The number of para-hydroxylation sites is 2. The van der Waals surface area contributed by atoms with E-state index in [0.29, 0.717) is 16.7 Å². The molecule has 2 aromatic carbocycles. The van der Waals surface area contributed by atoms with Crippen molar-refractivity contribution in [2.75, 3.05) is 0 Å². The van der Waals surface area contributed by atoms with Gasteiger partial charge in [0.25, 0.3) is 11.3 Å². The summed E-state index contributed by atoms with van der Waals surface area (Å²) in [5.74, 6) is -0.530. The Morgan fingerprint density at radius 1 is 1.10 bits per heavy atom. The first-order valence-electron chi connectivity index (χ1n) is 9.34. The average Bonchev–Trinajstić information content (AvgIpc) is 2.79.